The zero-order valence-electron chi connectivity index (χ0n) is 13.0. The van der Waals surface area contributed by atoms with E-state index in [2.05, 4.69) is 38.8 Å². The Morgan fingerprint density at radius 1 is 1.00 bits per heavy atom. The van der Waals surface area contributed by atoms with Crippen LogP contribution in [-0.2, 0) is 0 Å². The number of hydrogen-bond acceptors (Lipinski definition) is 5. The predicted molar refractivity (Wildman–Crippen MR) is 87.1 cm³/mol. The summed E-state index contributed by atoms with van der Waals surface area (Å²) in [5.41, 5.74) is 3.82. The summed E-state index contributed by atoms with van der Waals surface area (Å²) in [6.07, 6.45) is 3.56. The molecule has 0 amide bonds. The van der Waals surface area contributed by atoms with Gasteiger partial charge in [-0.05, 0) is 43.2 Å². The number of hydrogen-bond donors (Lipinski definition) is 0. The first-order valence-electron chi connectivity index (χ1n) is 7.47. The Morgan fingerprint density at radius 3 is 2.36 bits per heavy atom. The van der Waals surface area contributed by atoms with Crippen LogP contribution in [0.2, 0.25) is 0 Å². The molecule has 3 rings (SSSR count). The van der Waals surface area contributed by atoms with Crippen molar-refractivity contribution in [1.29, 1.82) is 5.26 Å². The third kappa shape index (κ3) is 2.73. The maximum absolute atomic E-state index is 9.27. The van der Waals surface area contributed by atoms with Gasteiger partial charge < -0.3 is 9.80 Å². The summed E-state index contributed by atoms with van der Waals surface area (Å²) in [4.78, 5) is 13.2. The van der Waals surface area contributed by atoms with Crippen LogP contribution < -0.4 is 9.80 Å². The van der Waals surface area contributed by atoms with Crippen LogP contribution in [0.5, 0.6) is 0 Å². The summed E-state index contributed by atoms with van der Waals surface area (Å²) in [5.74, 6) is 1.03. The van der Waals surface area contributed by atoms with Gasteiger partial charge in [0, 0.05) is 38.6 Å². The van der Waals surface area contributed by atoms with Crippen LogP contribution in [0.25, 0.3) is 0 Å². The first-order chi connectivity index (χ1) is 10.7. The lowest BCUT2D eigenvalue weighted by Gasteiger charge is -2.37. The number of nitriles is 1. The van der Waals surface area contributed by atoms with Crippen molar-refractivity contribution in [2.75, 3.05) is 36.0 Å². The molecule has 1 fully saturated rings. The molecule has 0 atom stereocenters. The standard InChI is InChI=1S/C17H19N5/c1-13-3-5-20-16(11-13)21-7-9-22(10-8-21)17-14(2)4-6-19-15(17)12-18/h3-6,11H,7-10H2,1-2H3. The molecule has 22 heavy (non-hydrogen) atoms. The lowest BCUT2D eigenvalue weighted by Crippen LogP contribution is -2.47. The van der Waals surface area contributed by atoms with Gasteiger partial charge in [0.25, 0.3) is 0 Å². The highest BCUT2D eigenvalue weighted by Gasteiger charge is 2.22. The summed E-state index contributed by atoms with van der Waals surface area (Å²) in [6, 6.07) is 8.30. The van der Waals surface area contributed by atoms with E-state index in [1.165, 1.54) is 5.56 Å². The van der Waals surface area contributed by atoms with Crippen molar-refractivity contribution in [2.24, 2.45) is 0 Å². The van der Waals surface area contributed by atoms with Gasteiger partial charge in [-0.15, -0.1) is 0 Å². The van der Waals surface area contributed by atoms with E-state index >= 15 is 0 Å². The number of aromatic nitrogens is 2. The van der Waals surface area contributed by atoms with Gasteiger partial charge in [0.15, 0.2) is 5.69 Å². The monoisotopic (exact) mass is 293 g/mol. The second-order valence-corrected chi connectivity index (χ2v) is 5.60. The summed E-state index contributed by atoms with van der Waals surface area (Å²) < 4.78 is 0. The van der Waals surface area contributed by atoms with Crippen LogP contribution in [0.1, 0.15) is 16.8 Å². The molecule has 0 aromatic carbocycles. The molecule has 0 spiro atoms. The van der Waals surface area contributed by atoms with Gasteiger partial charge in [-0.3, -0.25) is 0 Å². The quantitative estimate of drug-likeness (QED) is 0.850. The normalized spacial score (nSPS) is 14.8. The van der Waals surface area contributed by atoms with E-state index in [0.29, 0.717) is 5.69 Å². The molecular weight excluding hydrogens is 274 g/mol. The fraction of sp³-hybridized carbons (Fsp3) is 0.353. The fourth-order valence-corrected chi connectivity index (χ4v) is 2.88. The molecule has 2 aromatic rings. The topological polar surface area (TPSA) is 56.1 Å². The van der Waals surface area contributed by atoms with E-state index in [1.807, 2.05) is 25.3 Å². The molecule has 112 valence electrons. The molecule has 0 unspecified atom stereocenters. The van der Waals surface area contributed by atoms with E-state index in [4.69, 9.17) is 0 Å². The van der Waals surface area contributed by atoms with E-state index < -0.39 is 0 Å². The second kappa shape index (κ2) is 6.02. The average Bonchev–Trinajstić information content (AvgIpc) is 2.55. The van der Waals surface area contributed by atoms with Crippen LogP contribution in [0.4, 0.5) is 11.5 Å². The van der Waals surface area contributed by atoms with E-state index in [9.17, 15) is 5.26 Å². The molecule has 5 nitrogen and oxygen atoms in total. The smallest absolute Gasteiger partial charge is 0.164 e. The van der Waals surface area contributed by atoms with Crippen molar-refractivity contribution in [1.82, 2.24) is 9.97 Å². The van der Waals surface area contributed by atoms with Crippen LogP contribution >= 0.6 is 0 Å². The highest BCUT2D eigenvalue weighted by molar-refractivity contribution is 5.62. The maximum atomic E-state index is 9.27. The molecule has 1 saturated heterocycles. The van der Waals surface area contributed by atoms with Gasteiger partial charge >= 0.3 is 0 Å². The summed E-state index contributed by atoms with van der Waals surface area (Å²) >= 11 is 0. The zero-order valence-corrected chi connectivity index (χ0v) is 13.0. The van der Waals surface area contributed by atoms with Gasteiger partial charge in [0.1, 0.15) is 11.9 Å². The molecular formula is C17H19N5. The van der Waals surface area contributed by atoms with Gasteiger partial charge in [-0.1, -0.05) is 0 Å². The Morgan fingerprint density at radius 2 is 1.68 bits per heavy atom. The lowest BCUT2D eigenvalue weighted by molar-refractivity contribution is 0.644. The fourth-order valence-electron chi connectivity index (χ4n) is 2.88. The van der Waals surface area contributed by atoms with Crippen molar-refractivity contribution < 1.29 is 0 Å². The number of pyridine rings is 2. The SMILES string of the molecule is Cc1ccnc(N2CCN(c3c(C)ccnc3C#N)CC2)c1. The van der Waals surface area contributed by atoms with E-state index in [1.54, 1.807) is 6.20 Å². The molecule has 5 heteroatoms. The molecule has 0 radical (unpaired) electrons. The molecule has 2 aromatic heterocycles. The Labute approximate surface area is 130 Å². The van der Waals surface area contributed by atoms with Crippen LogP contribution in [0.3, 0.4) is 0 Å². The van der Waals surface area contributed by atoms with E-state index in [0.717, 1.165) is 43.2 Å². The van der Waals surface area contributed by atoms with Crippen molar-refractivity contribution >= 4 is 11.5 Å². The highest BCUT2D eigenvalue weighted by Crippen LogP contribution is 2.25. The van der Waals surface area contributed by atoms with Gasteiger partial charge in [0.2, 0.25) is 0 Å². The predicted octanol–water partition coefficient (Wildman–Crippen LogP) is 2.29. The van der Waals surface area contributed by atoms with Crippen LogP contribution in [0, 0.1) is 25.2 Å². The molecule has 3 heterocycles. The molecule has 0 bridgehead atoms. The third-order valence-electron chi connectivity index (χ3n) is 4.05. The van der Waals surface area contributed by atoms with Crippen molar-refractivity contribution in [3.63, 3.8) is 0 Å². The Bertz CT molecular complexity index is 711. The first-order valence-corrected chi connectivity index (χ1v) is 7.47. The minimum Gasteiger partial charge on any atom is -0.365 e. The minimum atomic E-state index is 0.516. The Balaban J connectivity index is 1.77. The first kappa shape index (κ1) is 14.3. The minimum absolute atomic E-state index is 0.516. The molecule has 1 aliphatic rings. The second-order valence-electron chi connectivity index (χ2n) is 5.60. The molecule has 0 N–H and O–H groups in total. The Kier molecular flexibility index (Phi) is 3.92. The lowest BCUT2D eigenvalue weighted by atomic mass is 10.1. The average molecular weight is 293 g/mol. The van der Waals surface area contributed by atoms with E-state index in [-0.39, 0.29) is 0 Å². The number of nitrogens with zero attached hydrogens (tertiary/aromatic N) is 5. The van der Waals surface area contributed by atoms with Crippen molar-refractivity contribution in [2.45, 2.75) is 13.8 Å². The largest absolute Gasteiger partial charge is 0.365 e. The number of rotatable bonds is 2. The maximum Gasteiger partial charge on any atom is 0.164 e. The molecule has 0 saturated carbocycles. The van der Waals surface area contributed by atoms with Crippen molar-refractivity contribution in [3.8, 4) is 6.07 Å². The van der Waals surface area contributed by atoms with Gasteiger partial charge in [0.05, 0.1) is 5.69 Å². The molecule has 1 aliphatic heterocycles. The Hall–Kier alpha value is -2.61. The number of anilines is 2. The summed E-state index contributed by atoms with van der Waals surface area (Å²) in [7, 11) is 0. The van der Waals surface area contributed by atoms with Crippen LogP contribution in [0.15, 0.2) is 30.6 Å². The highest BCUT2D eigenvalue weighted by atomic mass is 15.3. The molecule has 0 aliphatic carbocycles. The van der Waals surface area contributed by atoms with Crippen molar-refractivity contribution in [3.05, 3.63) is 47.4 Å². The number of aryl methyl sites for hydroxylation is 2. The summed E-state index contributed by atoms with van der Waals surface area (Å²) in [6.45, 7) is 7.66. The summed E-state index contributed by atoms with van der Waals surface area (Å²) in [5, 5.41) is 9.27. The third-order valence-corrected chi connectivity index (χ3v) is 4.05. The van der Waals surface area contributed by atoms with Gasteiger partial charge in [-0.2, -0.15) is 5.26 Å². The zero-order chi connectivity index (χ0) is 15.5. The number of piperazine rings is 1. The van der Waals surface area contributed by atoms with Gasteiger partial charge in [-0.25, -0.2) is 9.97 Å². The van der Waals surface area contributed by atoms with Crippen LogP contribution in [-0.4, -0.2) is 36.1 Å².